The second-order valence-corrected chi connectivity index (χ2v) is 11.3. The van der Waals surface area contributed by atoms with Crippen molar-refractivity contribution < 1.29 is 15.3 Å². The largest absolute Gasteiger partial charge is 0.508 e. The summed E-state index contributed by atoms with van der Waals surface area (Å²) in [4.78, 5) is 0. The third-order valence-corrected chi connectivity index (χ3v) is 7.24. The highest BCUT2D eigenvalue weighted by Crippen LogP contribution is 2.45. The topological polar surface area (TPSA) is 60.7 Å². The minimum absolute atomic E-state index is 0.156. The molecular formula is C28H31Cl3O3. The third-order valence-electron chi connectivity index (χ3n) is 6.55. The Hall–Kier alpha value is -2.07. The van der Waals surface area contributed by atoms with Crippen LogP contribution in [0.2, 0.25) is 15.1 Å². The second kappa shape index (κ2) is 10.3. The first-order chi connectivity index (χ1) is 15.9. The van der Waals surface area contributed by atoms with Gasteiger partial charge in [-0.25, -0.2) is 0 Å². The summed E-state index contributed by atoms with van der Waals surface area (Å²) in [7, 11) is 0. The first-order valence-corrected chi connectivity index (χ1v) is 12.5. The SMILES string of the molecule is CCC[C@](C)(Cc1cc(Cl)ccc1O)c1cc(Cl)cc(CC(C)(C)c2cc(Cl)ccc2O)c1O. The fraction of sp³-hybridized carbons (Fsp3) is 0.357. The molecule has 0 amide bonds. The molecule has 0 saturated heterocycles. The third kappa shape index (κ3) is 5.76. The number of rotatable bonds is 8. The lowest BCUT2D eigenvalue weighted by molar-refractivity contribution is 0.376. The molecule has 0 unspecified atom stereocenters. The Morgan fingerprint density at radius 3 is 1.88 bits per heavy atom. The molecule has 3 aromatic rings. The van der Waals surface area contributed by atoms with E-state index in [-0.39, 0.29) is 17.2 Å². The van der Waals surface area contributed by atoms with E-state index in [0.717, 1.165) is 18.4 Å². The highest BCUT2D eigenvalue weighted by Gasteiger charge is 2.33. The summed E-state index contributed by atoms with van der Waals surface area (Å²) in [5.41, 5.74) is 1.80. The van der Waals surface area contributed by atoms with Crippen molar-refractivity contribution in [1.82, 2.24) is 0 Å². The van der Waals surface area contributed by atoms with Crippen LogP contribution in [0.3, 0.4) is 0 Å². The van der Waals surface area contributed by atoms with Crippen LogP contribution in [0.25, 0.3) is 0 Å². The quantitative estimate of drug-likeness (QED) is 0.278. The van der Waals surface area contributed by atoms with Gasteiger partial charge in [-0.3, -0.25) is 0 Å². The van der Waals surface area contributed by atoms with Gasteiger partial charge in [-0.2, -0.15) is 0 Å². The van der Waals surface area contributed by atoms with Crippen molar-refractivity contribution in [2.75, 3.05) is 0 Å². The number of hydrogen-bond donors (Lipinski definition) is 3. The fourth-order valence-corrected chi connectivity index (χ4v) is 5.47. The molecule has 3 aromatic carbocycles. The summed E-state index contributed by atoms with van der Waals surface area (Å²) in [6.45, 7) is 8.14. The molecule has 34 heavy (non-hydrogen) atoms. The van der Waals surface area contributed by atoms with Gasteiger partial charge < -0.3 is 15.3 Å². The molecule has 0 fully saturated rings. The lowest BCUT2D eigenvalue weighted by Crippen LogP contribution is -2.26. The number of aromatic hydroxyl groups is 3. The highest BCUT2D eigenvalue weighted by atomic mass is 35.5. The Morgan fingerprint density at radius 1 is 0.676 bits per heavy atom. The van der Waals surface area contributed by atoms with E-state index >= 15 is 0 Å². The van der Waals surface area contributed by atoms with E-state index in [1.165, 1.54) is 0 Å². The van der Waals surface area contributed by atoms with Crippen LogP contribution in [0, 0.1) is 0 Å². The molecule has 6 heteroatoms. The van der Waals surface area contributed by atoms with Gasteiger partial charge >= 0.3 is 0 Å². The molecule has 0 saturated carbocycles. The van der Waals surface area contributed by atoms with Gasteiger partial charge in [0.1, 0.15) is 17.2 Å². The van der Waals surface area contributed by atoms with Gasteiger partial charge in [-0.15, -0.1) is 0 Å². The van der Waals surface area contributed by atoms with Crippen molar-refractivity contribution in [2.45, 2.75) is 64.2 Å². The van der Waals surface area contributed by atoms with Crippen LogP contribution in [0.1, 0.15) is 62.8 Å². The monoisotopic (exact) mass is 520 g/mol. The number of halogens is 3. The van der Waals surface area contributed by atoms with Crippen LogP contribution in [0.15, 0.2) is 48.5 Å². The van der Waals surface area contributed by atoms with Crippen LogP contribution in [0.4, 0.5) is 0 Å². The molecule has 0 heterocycles. The zero-order valence-electron chi connectivity index (χ0n) is 19.9. The lowest BCUT2D eigenvalue weighted by atomic mass is 9.72. The number of phenols is 3. The first-order valence-electron chi connectivity index (χ1n) is 11.3. The predicted molar refractivity (Wildman–Crippen MR) is 142 cm³/mol. The van der Waals surface area contributed by atoms with Gasteiger partial charge in [-0.1, -0.05) is 68.9 Å². The summed E-state index contributed by atoms with van der Waals surface area (Å²) < 4.78 is 0. The standard InChI is InChI=1S/C28H31Cl3O3/c1-5-10-28(4,16-17-11-19(29)6-8-24(17)32)23-14-21(31)12-18(26(23)34)15-27(2,3)22-13-20(30)7-9-25(22)33/h6-9,11-14,32-34H,5,10,15-16H2,1-4H3/t28-/m1/s1. The molecule has 3 nitrogen and oxygen atoms in total. The Morgan fingerprint density at radius 2 is 1.24 bits per heavy atom. The molecule has 0 spiro atoms. The molecule has 0 radical (unpaired) electrons. The van der Waals surface area contributed by atoms with Crippen molar-refractivity contribution in [3.05, 3.63) is 85.9 Å². The van der Waals surface area contributed by atoms with Crippen LogP contribution in [0.5, 0.6) is 17.2 Å². The van der Waals surface area contributed by atoms with Crippen molar-refractivity contribution in [3.63, 3.8) is 0 Å². The molecule has 0 bridgehead atoms. The average Bonchev–Trinajstić information content (AvgIpc) is 2.74. The summed E-state index contributed by atoms with van der Waals surface area (Å²) in [6, 6.07) is 13.6. The van der Waals surface area contributed by atoms with Gasteiger partial charge in [0, 0.05) is 31.6 Å². The van der Waals surface area contributed by atoms with E-state index in [9.17, 15) is 15.3 Å². The van der Waals surface area contributed by atoms with E-state index in [1.54, 1.807) is 42.5 Å². The molecule has 0 aliphatic carbocycles. The van der Waals surface area contributed by atoms with Gasteiger partial charge in [0.25, 0.3) is 0 Å². The van der Waals surface area contributed by atoms with E-state index in [1.807, 2.05) is 19.9 Å². The van der Waals surface area contributed by atoms with Crippen LogP contribution < -0.4 is 0 Å². The van der Waals surface area contributed by atoms with Crippen molar-refractivity contribution in [1.29, 1.82) is 0 Å². The number of phenolic OH excluding ortho intramolecular Hbond substituents is 3. The van der Waals surface area contributed by atoms with Gasteiger partial charge in [0.2, 0.25) is 0 Å². The van der Waals surface area contributed by atoms with E-state index in [2.05, 4.69) is 13.8 Å². The van der Waals surface area contributed by atoms with Gasteiger partial charge in [0.15, 0.2) is 0 Å². The Balaban J connectivity index is 2.07. The normalized spacial score (nSPS) is 13.6. The summed E-state index contributed by atoms with van der Waals surface area (Å²) in [5.74, 6) is 0.505. The summed E-state index contributed by atoms with van der Waals surface area (Å²) >= 11 is 19.0. The average molecular weight is 522 g/mol. The predicted octanol–water partition coefficient (Wildman–Crippen LogP) is 8.58. The molecular weight excluding hydrogens is 491 g/mol. The molecule has 3 rings (SSSR count). The molecule has 0 aromatic heterocycles. The zero-order chi connectivity index (χ0) is 25.3. The fourth-order valence-electron chi connectivity index (χ4n) is 4.86. The van der Waals surface area contributed by atoms with Gasteiger partial charge in [0.05, 0.1) is 0 Å². The van der Waals surface area contributed by atoms with E-state index in [4.69, 9.17) is 34.8 Å². The molecule has 1 atom stereocenters. The van der Waals surface area contributed by atoms with E-state index < -0.39 is 10.8 Å². The zero-order valence-corrected chi connectivity index (χ0v) is 22.2. The van der Waals surface area contributed by atoms with Gasteiger partial charge in [-0.05, 0) is 84.3 Å². The first kappa shape index (κ1) is 26.5. The van der Waals surface area contributed by atoms with Crippen LogP contribution >= 0.6 is 34.8 Å². The van der Waals surface area contributed by atoms with E-state index in [0.29, 0.717) is 44.6 Å². The minimum Gasteiger partial charge on any atom is -0.508 e. The maximum absolute atomic E-state index is 11.5. The Labute approximate surface area is 216 Å². The molecule has 0 aliphatic rings. The van der Waals surface area contributed by atoms with Crippen LogP contribution in [-0.2, 0) is 23.7 Å². The van der Waals surface area contributed by atoms with Crippen molar-refractivity contribution >= 4 is 34.8 Å². The molecule has 0 aliphatic heterocycles. The van der Waals surface area contributed by atoms with Crippen LogP contribution in [-0.4, -0.2) is 15.3 Å². The van der Waals surface area contributed by atoms with Crippen molar-refractivity contribution in [3.8, 4) is 17.2 Å². The minimum atomic E-state index is -0.527. The van der Waals surface area contributed by atoms with Crippen molar-refractivity contribution in [2.24, 2.45) is 0 Å². The summed E-state index contributed by atoms with van der Waals surface area (Å²) in [6.07, 6.45) is 2.57. The Kier molecular flexibility index (Phi) is 8.02. The lowest BCUT2D eigenvalue weighted by Gasteiger charge is -2.33. The maximum atomic E-state index is 11.5. The molecule has 182 valence electrons. The summed E-state index contributed by atoms with van der Waals surface area (Å²) in [5, 5.41) is 34.0. The molecule has 3 N–H and O–H groups in total. The number of hydrogen-bond acceptors (Lipinski definition) is 3. The maximum Gasteiger partial charge on any atom is 0.122 e. The second-order valence-electron chi connectivity index (χ2n) is 9.94. The number of benzene rings is 3. The highest BCUT2D eigenvalue weighted by molar-refractivity contribution is 6.31. The smallest absolute Gasteiger partial charge is 0.122 e. The Bertz CT molecular complexity index is 1190.